The fourth-order valence-corrected chi connectivity index (χ4v) is 4.03. The highest BCUT2D eigenvalue weighted by Crippen LogP contribution is 2.41. The zero-order valence-electron chi connectivity index (χ0n) is 15.5. The van der Waals surface area contributed by atoms with Gasteiger partial charge >= 0.3 is 0 Å². The Morgan fingerprint density at radius 1 is 0.536 bits per heavy atom. The van der Waals surface area contributed by atoms with Gasteiger partial charge in [0.05, 0.1) is 0 Å². The van der Waals surface area contributed by atoms with Crippen molar-refractivity contribution in [1.29, 1.82) is 0 Å². The molecular formula is C26H21IO. The summed E-state index contributed by atoms with van der Waals surface area (Å²) in [5.74, 6) is 0.852. The van der Waals surface area contributed by atoms with E-state index in [2.05, 4.69) is 120 Å². The molecule has 2 heteroatoms. The van der Waals surface area contributed by atoms with Crippen LogP contribution >= 0.6 is 22.6 Å². The quantitative estimate of drug-likeness (QED) is 0.166. The molecule has 0 aliphatic rings. The number of alkyl halides is 1. The molecule has 0 aliphatic heterocycles. The first-order chi connectivity index (χ1) is 13.8. The third kappa shape index (κ3) is 3.69. The van der Waals surface area contributed by atoms with Crippen LogP contribution in [0.3, 0.4) is 0 Å². The number of ether oxygens (including phenoxy) is 1. The molecule has 1 nitrogen and oxygen atoms in total. The first kappa shape index (κ1) is 18.8. The van der Waals surface area contributed by atoms with Crippen LogP contribution < -0.4 is 4.74 Å². The average molecular weight is 476 g/mol. The van der Waals surface area contributed by atoms with E-state index in [0.717, 1.165) is 26.9 Å². The van der Waals surface area contributed by atoms with Crippen molar-refractivity contribution in [3.63, 3.8) is 0 Å². The van der Waals surface area contributed by atoms with Crippen molar-refractivity contribution in [3.8, 4) is 5.75 Å². The maximum Gasteiger partial charge on any atom is 0.184 e. The molecule has 0 aliphatic carbocycles. The highest BCUT2D eigenvalue weighted by atomic mass is 127. The normalized spacial score (nSPS) is 11.2. The molecule has 0 fully saturated rings. The van der Waals surface area contributed by atoms with Crippen LogP contribution in [0.4, 0.5) is 0 Å². The van der Waals surface area contributed by atoms with Gasteiger partial charge in [0.1, 0.15) is 5.75 Å². The maximum atomic E-state index is 6.86. The minimum Gasteiger partial charge on any atom is -0.473 e. The van der Waals surface area contributed by atoms with Gasteiger partial charge in [0.25, 0.3) is 0 Å². The lowest BCUT2D eigenvalue weighted by Crippen LogP contribution is -2.36. The smallest absolute Gasteiger partial charge is 0.184 e. The molecule has 0 unspecified atom stereocenters. The Kier molecular flexibility index (Phi) is 5.77. The molecular weight excluding hydrogens is 455 g/mol. The van der Waals surface area contributed by atoms with Gasteiger partial charge in [-0.3, -0.25) is 0 Å². The minimum atomic E-state index is -0.727. The second-order valence-electron chi connectivity index (χ2n) is 6.66. The molecule has 4 aromatic rings. The molecule has 0 radical (unpaired) electrons. The van der Waals surface area contributed by atoms with Crippen LogP contribution in [0.25, 0.3) is 0 Å². The van der Waals surface area contributed by atoms with Crippen LogP contribution in [-0.4, -0.2) is 0 Å². The molecule has 0 spiro atoms. The van der Waals surface area contributed by atoms with Gasteiger partial charge in [0.15, 0.2) is 5.60 Å². The molecule has 0 amide bonds. The van der Waals surface area contributed by atoms with Crippen LogP contribution in [0.2, 0.25) is 0 Å². The fraction of sp³-hybridized carbons (Fsp3) is 0.0769. The van der Waals surface area contributed by atoms with E-state index in [-0.39, 0.29) is 0 Å². The van der Waals surface area contributed by atoms with Crippen molar-refractivity contribution in [2.75, 3.05) is 0 Å². The second kappa shape index (κ2) is 8.61. The summed E-state index contributed by atoms with van der Waals surface area (Å²) in [7, 11) is 0. The second-order valence-corrected chi connectivity index (χ2v) is 7.42. The van der Waals surface area contributed by atoms with Crippen LogP contribution in [0.5, 0.6) is 5.75 Å². The zero-order valence-corrected chi connectivity index (χ0v) is 17.6. The summed E-state index contributed by atoms with van der Waals surface area (Å²) in [6.07, 6.45) is 0. The maximum absolute atomic E-state index is 6.86. The van der Waals surface area contributed by atoms with E-state index in [1.807, 2.05) is 18.2 Å². The van der Waals surface area contributed by atoms with Gasteiger partial charge < -0.3 is 4.74 Å². The molecule has 0 heterocycles. The Morgan fingerprint density at radius 3 is 1.29 bits per heavy atom. The summed E-state index contributed by atoms with van der Waals surface area (Å²) < 4.78 is 7.84. The molecule has 4 rings (SSSR count). The van der Waals surface area contributed by atoms with E-state index >= 15 is 0 Å². The first-order valence-corrected chi connectivity index (χ1v) is 10.9. The van der Waals surface area contributed by atoms with Crippen molar-refractivity contribution in [2.45, 2.75) is 10.0 Å². The van der Waals surface area contributed by atoms with Gasteiger partial charge in [-0.05, 0) is 17.7 Å². The lowest BCUT2D eigenvalue weighted by Gasteiger charge is -2.36. The van der Waals surface area contributed by atoms with Gasteiger partial charge in [-0.15, -0.1) is 0 Å². The van der Waals surface area contributed by atoms with Crippen molar-refractivity contribution in [3.05, 3.63) is 138 Å². The molecule has 0 N–H and O–H groups in total. The molecule has 28 heavy (non-hydrogen) atoms. The standard InChI is InChI=1S/C26H21IO/c27-20-21-16-18-25(19-17-21)28-26(22-10-4-1-5-11-22,23-12-6-2-7-13-23)24-14-8-3-9-15-24/h1-19H,20H2. The molecule has 4 aromatic carbocycles. The molecule has 0 saturated heterocycles. The molecule has 138 valence electrons. The topological polar surface area (TPSA) is 9.23 Å². The third-order valence-corrected chi connectivity index (χ3v) is 5.77. The van der Waals surface area contributed by atoms with Crippen molar-refractivity contribution < 1.29 is 4.74 Å². The lowest BCUT2D eigenvalue weighted by atomic mass is 9.80. The first-order valence-electron chi connectivity index (χ1n) is 9.33. The number of hydrogen-bond donors (Lipinski definition) is 0. The van der Waals surface area contributed by atoms with Crippen LogP contribution in [0, 0.1) is 0 Å². The van der Waals surface area contributed by atoms with E-state index in [0.29, 0.717) is 0 Å². The Balaban J connectivity index is 1.95. The summed E-state index contributed by atoms with van der Waals surface area (Å²) in [5.41, 5.74) is 3.87. The van der Waals surface area contributed by atoms with Crippen molar-refractivity contribution in [1.82, 2.24) is 0 Å². The molecule has 0 saturated carbocycles. The van der Waals surface area contributed by atoms with Crippen molar-refractivity contribution >= 4 is 22.6 Å². The van der Waals surface area contributed by atoms with Crippen LogP contribution in [0.15, 0.2) is 115 Å². The number of rotatable bonds is 6. The average Bonchev–Trinajstić information content (AvgIpc) is 2.80. The predicted octanol–water partition coefficient (Wildman–Crippen LogP) is 6.99. The summed E-state index contributed by atoms with van der Waals surface area (Å²) >= 11 is 2.38. The Hall–Kier alpha value is -2.59. The monoisotopic (exact) mass is 476 g/mol. The molecule has 0 bridgehead atoms. The Morgan fingerprint density at radius 2 is 0.929 bits per heavy atom. The third-order valence-electron chi connectivity index (χ3n) is 4.89. The number of benzene rings is 4. The van der Waals surface area contributed by atoms with E-state index < -0.39 is 5.60 Å². The summed E-state index contributed by atoms with van der Waals surface area (Å²) in [6.45, 7) is 0. The van der Waals surface area contributed by atoms with Crippen LogP contribution in [0.1, 0.15) is 22.3 Å². The fourth-order valence-electron chi connectivity index (χ4n) is 3.52. The minimum absolute atomic E-state index is 0.727. The Labute approximate surface area is 180 Å². The summed E-state index contributed by atoms with van der Waals surface area (Å²) in [4.78, 5) is 0. The van der Waals surface area contributed by atoms with E-state index in [1.165, 1.54) is 5.56 Å². The summed E-state index contributed by atoms with van der Waals surface area (Å²) in [5, 5.41) is 0. The van der Waals surface area contributed by atoms with Crippen LogP contribution in [-0.2, 0) is 10.0 Å². The van der Waals surface area contributed by atoms with Crippen molar-refractivity contribution in [2.24, 2.45) is 0 Å². The van der Waals surface area contributed by atoms with E-state index in [4.69, 9.17) is 4.74 Å². The predicted molar refractivity (Wildman–Crippen MR) is 124 cm³/mol. The molecule has 0 atom stereocenters. The van der Waals surface area contributed by atoms with E-state index in [9.17, 15) is 0 Å². The zero-order chi connectivity index (χ0) is 19.2. The van der Waals surface area contributed by atoms with Gasteiger partial charge in [-0.2, -0.15) is 0 Å². The van der Waals surface area contributed by atoms with Gasteiger partial charge in [-0.1, -0.05) is 126 Å². The highest BCUT2D eigenvalue weighted by molar-refractivity contribution is 14.1. The van der Waals surface area contributed by atoms with Gasteiger partial charge in [0.2, 0.25) is 0 Å². The molecule has 0 aromatic heterocycles. The number of halogens is 1. The van der Waals surface area contributed by atoms with Gasteiger partial charge in [0, 0.05) is 21.1 Å². The SMILES string of the molecule is ICc1ccc(OC(c2ccccc2)(c2ccccc2)c2ccccc2)cc1. The van der Waals surface area contributed by atoms with Gasteiger partial charge in [-0.25, -0.2) is 0 Å². The lowest BCUT2D eigenvalue weighted by molar-refractivity contribution is 0.155. The number of hydrogen-bond acceptors (Lipinski definition) is 1. The largest absolute Gasteiger partial charge is 0.473 e. The van der Waals surface area contributed by atoms with E-state index in [1.54, 1.807) is 0 Å². The summed E-state index contributed by atoms with van der Waals surface area (Å²) in [6, 6.07) is 39.8. The highest BCUT2D eigenvalue weighted by Gasteiger charge is 2.38. The Bertz CT molecular complexity index is 900.